The van der Waals surface area contributed by atoms with Crippen LogP contribution in [0, 0.1) is 5.41 Å². The van der Waals surface area contributed by atoms with E-state index in [0.29, 0.717) is 12.8 Å². The molecule has 2 saturated carbocycles. The molecule has 2 N–H and O–H groups in total. The Hall–Kier alpha value is -2.13. The van der Waals surface area contributed by atoms with Gasteiger partial charge in [-0.05, 0) is 25.7 Å². The largest absolute Gasteiger partial charge is 0.433 e. The van der Waals surface area contributed by atoms with Crippen molar-refractivity contribution in [1.29, 1.82) is 0 Å². The van der Waals surface area contributed by atoms with Crippen molar-refractivity contribution in [1.82, 2.24) is 24.2 Å². The monoisotopic (exact) mass is 468 g/mol. The summed E-state index contributed by atoms with van der Waals surface area (Å²) in [4.78, 5) is 3.91. The van der Waals surface area contributed by atoms with Crippen molar-refractivity contribution in [3.05, 3.63) is 17.6 Å². The van der Waals surface area contributed by atoms with Crippen LogP contribution in [-0.4, -0.2) is 51.7 Å². The van der Waals surface area contributed by atoms with Crippen LogP contribution in [0.1, 0.15) is 49.2 Å². The smallest absolute Gasteiger partial charge is 0.332 e. The highest BCUT2D eigenvalue weighted by Crippen LogP contribution is 2.75. The Balaban J connectivity index is 1.41. The van der Waals surface area contributed by atoms with E-state index >= 15 is 0 Å². The molecule has 9 nitrogen and oxygen atoms in total. The molecule has 15 heteroatoms. The molecule has 1 atom stereocenters. The van der Waals surface area contributed by atoms with Gasteiger partial charge in [0.1, 0.15) is 5.69 Å². The molecule has 1 spiro atoms. The maximum Gasteiger partial charge on any atom is 0.433 e. The van der Waals surface area contributed by atoms with Crippen molar-refractivity contribution in [2.75, 3.05) is 13.1 Å². The number of halogens is 5. The molecule has 2 aromatic rings. The Morgan fingerprint density at radius 1 is 1.19 bits per heavy atom. The molecule has 0 amide bonds. The van der Waals surface area contributed by atoms with Crippen LogP contribution in [0.5, 0.6) is 0 Å². The summed E-state index contributed by atoms with van der Waals surface area (Å²) in [5.41, 5.74) is -2.74. The molecule has 2 aromatic heterocycles. The average Bonchev–Trinajstić information content (AvgIpc) is 3.38. The second kappa shape index (κ2) is 6.22. The molecule has 3 heterocycles. The lowest BCUT2D eigenvalue weighted by Gasteiger charge is -2.30. The Labute approximate surface area is 172 Å². The lowest BCUT2D eigenvalue weighted by Crippen LogP contribution is -2.43. The molecular formula is C16H17F5N6O3S. The van der Waals surface area contributed by atoms with Crippen LogP contribution < -0.4 is 5.14 Å². The van der Waals surface area contributed by atoms with Gasteiger partial charge in [0, 0.05) is 19.2 Å². The molecule has 2 aliphatic carbocycles. The van der Waals surface area contributed by atoms with Crippen molar-refractivity contribution >= 4 is 10.2 Å². The summed E-state index contributed by atoms with van der Waals surface area (Å²) in [6.45, 7) is -0.341. The van der Waals surface area contributed by atoms with Gasteiger partial charge < -0.3 is 4.52 Å². The maximum atomic E-state index is 14.7. The molecule has 1 aliphatic heterocycles. The van der Waals surface area contributed by atoms with Crippen LogP contribution >= 0.6 is 0 Å². The summed E-state index contributed by atoms with van der Waals surface area (Å²) in [5.74, 6) is -5.34. The second-order valence-corrected chi connectivity index (χ2v) is 9.75. The molecule has 0 bridgehead atoms. The molecule has 1 saturated heterocycles. The summed E-state index contributed by atoms with van der Waals surface area (Å²) in [6.07, 6.45) is -3.82. The van der Waals surface area contributed by atoms with E-state index in [9.17, 15) is 30.4 Å². The molecular weight excluding hydrogens is 451 g/mol. The fourth-order valence-electron chi connectivity index (χ4n) is 4.44. The molecule has 170 valence electrons. The van der Waals surface area contributed by atoms with Gasteiger partial charge in [-0.3, -0.25) is 4.68 Å². The van der Waals surface area contributed by atoms with E-state index in [4.69, 9.17) is 9.66 Å². The van der Waals surface area contributed by atoms with E-state index in [1.807, 2.05) is 0 Å². The van der Waals surface area contributed by atoms with E-state index in [-0.39, 0.29) is 49.4 Å². The number of hydrogen-bond donors (Lipinski definition) is 1. The van der Waals surface area contributed by atoms with E-state index in [2.05, 4.69) is 15.2 Å². The molecule has 0 unspecified atom stereocenters. The van der Waals surface area contributed by atoms with Gasteiger partial charge in [0.2, 0.25) is 0 Å². The van der Waals surface area contributed by atoms with Crippen LogP contribution in [0.2, 0.25) is 0 Å². The third kappa shape index (κ3) is 3.16. The van der Waals surface area contributed by atoms with Gasteiger partial charge in [0.25, 0.3) is 22.0 Å². The van der Waals surface area contributed by atoms with Gasteiger partial charge in [-0.15, -0.1) is 0 Å². The van der Waals surface area contributed by atoms with Crippen LogP contribution in [-0.2, 0) is 16.4 Å². The predicted molar refractivity (Wildman–Crippen MR) is 92.8 cm³/mol. The lowest BCUT2D eigenvalue weighted by molar-refractivity contribution is -0.144. The summed E-state index contributed by atoms with van der Waals surface area (Å²) < 4.78 is 98.9. The fourth-order valence-corrected chi connectivity index (χ4v) is 5.14. The summed E-state index contributed by atoms with van der Waals surface area (Å²) in [6, 6.07) is 0.397. The Kier molecular flexibility index (Phi) is 4.17. The van der Waals surface area contributed by atoms with Gasteiger partial charge in [0.05, 0.1) is 17.4 Å². The van der Waals surface area contributed by atoms with Crippen molar-refractivity contribution in [3.63, 3.8) is 0 Å². The van der Waals surface area contributed by atoms with E-state index < -0.39 is 39.3 Å². The highest BCUT2D eigenvalue weighted by molar-refractivity contribution is 7.86. The van der Waals surface area contributed by atoms with Gasteiger partial charge in [0.15, 0.2) is 11.5 Å². The number of hydrogen-bond acceptors (Lipinski definition) is 6. The van der Waals surface area contributed by atoms with Gasteiger partial charge >= 0.3 is 6.18 Å². The van der Waals surface area contributed by atoms with Gasteiger partial charge in [-0.2, -0.15) is 36.0 Å². The van der Waals surface area contributed by atoms with Crippen molar-refractivity contribution < 1.29 is 34.9 Å². The lowest BCUT2D eigenvalue weighted by atomic mass is 9.91. The highest BCUT2D eigenvalue weighted by Gasteiger charge is 2.82. The van der Waals surface area contributed by atoms with E-state index in [1.165, 1.54) is 0 Å². The molecule has 0 radical (unpaired) electrons. The molecule has 3 fully saturated rings. The summed E-state index contributed by atoms with van der Waals surface area (Å²) >= 11 is 0. The zero-order chi connectivity index (χ0) is 22.4. The third-order valence-corrected chi connectivity index (χ3v) is 7.39. The number of rotatable bonds is 4. The minimum atomic E-state index is -4.64. The van der Waals surface area contributed by atoms with E-state index in [1.54, 1.807) is 0 Å². The van der Waals surface area contributed by atoms with Gasteiger partial charge in [-0.25, -0.2) is 13.9 Å². The fraction of sp³-hybridized carbons (Fsp3) is 0.688. The minimum absolute atomic E-state index is 0.153. The summed E-state index contributed by atoms with van der Waals surface area (Å²) in [5, 5.41) is 12.5. The van der Waals surface area contributed by atoms with Crippen LogP contribution in [0.4, 0.5) is 22.0 Å². The number of piperidine rings is 1. The number of aromatic nitrogens is 4. The Bertz CT molecular complexity index is 1130. The van der Waals surface area contributed by atoms with Crippen LogP contribution in [0.3, 0.4) is 0 Å². The van der Waals surface area contributed by atoms with Crippen molar-refractivity contribution in [3.8, 4) is 11.6 Å². The topological polar surface area (TPSA) is 120 Å². The first-order valence-corrected chi connectivity index (χ1v) is 11.0. The molecule has 5 rings (SSSR count). The van der Waals surface area contributed by atoms with Crippen LogP contribution in [0.15, 0.2) is 10.6 Å². The first-order chi connectivity index (χ1) is 14.3. The van der Waals surface area contributed by atoms with E-state index in [0.717, 1.165) is 15.1 Å². The normalized spacial score (nSPS) is 25.8. The number of nitrogens with zero attached hydrogens (tertiary/aromatic N) is 5. The number of nitrogens with two attached hydrogens (primary N) is 1. The standard InChI is InChI=1S/C16H17F5N6O3S/c17-15(18)11(14(15)3-5-26(6-4-14)31(22,28)29)12-23-13(30-25-12)9-7-10(16(19,20)21)27(24-9)8-1-2-8/h7-8,11H,1-6H2,(H2,22,28,29)/t11-/m0/s1. The molecule has 31 heavy (non-hydrogen) atoms. The quantitative estimate of drug-likeness (QED) is 0.688. The highest BCUT2D eigenvalue weighted by atomic mass is 32.2. The molecule has 3 aliphatic rings. The van der Waals surface area contributed by atoms with Crippen molar-refractivity contribution in [2.45, 2.75) is 49.7 Å². The predicted octanol–water partition coefficient (Wildman–Crippen LogP) is 2.31. The molecule has 0 aromatic carbocycles. The SMILES string of the molecule is NS(=O)(=O)N1CCC2(CC1)[C@H](c1noc(-c3cc(C(F)(F)F)n(C4CC4)n3)n1)C2(F)F. The minimum Gasteiger partial charge on any atom is -0.332 e. The van der Waals surface area contributed by atoms with Crippen molar-refractivity contribution in [2.24, 2.45) is 10.6 Å². The average molecular weight is 468 g/mol. The Morgan fingerprint density at radius 3 is 2.39 bits per heavy atom. The van der Waals surface area contributed by atoms with Gasteiger partial charge in [-0.1, -0.05) is 5.16 Å². The second-order valence-electron chi connectivity index (χ2n) is 8.20. The Morgan fingerprint density at radius 2 is 1.84 bits per heavy atom. The summed E-state index contributed by atoms with van der Waals surface area (Å²) in [7, 11) is -3.98. The maximum absolute atomic E-state index is 14.7. The third-order valence-electron chi connectivity index (χ3n) is 6.31. The zero-order valence-electron chi connectivity index (χ0n) is 15.8. The zero-order valence-corrected chi connectivity index (χ0v) is 16.6. The number of alkyl halides is 5. The first-order valence-electron chi connectivity index (χ1n) is 9.51. The first kappa shape index (κ1) is 20.8. The van der Waals surface area contributed by atoms with Crippen LogP contribution in [0.25, 0.3) is 11.6 Å².